The molecule has 0 spiro atoms. The lowest BCUT2D eigenvalue weighted by atomic mass is 10.0. The van der Waals surface area contributed by atoms with Crippen molar-refractivity contribution in [2.24, 2.45) is 0 Å². The van der Waals surface area contributed by atoms with Crippen LogP contribution in [0.5, 0.6) is 0 Å². The summed E-state index contributed by atoms with van der Waals surface area (Å²) >= 11 is 1.63. The Kier molecular flexibility index (Phi) is 5.18. The molecule has 0 bridgehead atoms. The molecule has 1 fully saturated rings. The summed E-state index contributed by atoms with van der Waals surface area (Å²) in [6.07, 6.45) is 7.17. The molecule has 22 heavy (non-hydrogen) atoms. The summed E-state index contributed by atoms with van der Waals surface area (Å²) in [4.78, 5) is 18.4. The molecular formula is C15H21N5OS. The molecule has 1 saturated heterocycles. The summed E-state index contributed by atoms with van der Waals surface area (Å²) in [5.41, 5.74) is -0.0306. The predicted molar refractivity (Wildman–Crippen MR) is 88.3 cm³/mol. The van der Waals surface area contributed by atoms with Crippen LogP contribution in [0.1, 0.15) is 19.3 Å². The van der Waals surface area contributed by atoms with E-state index in [0.717, 1.165) is 24.8 Å². The van der Waals surface area contributed by atoms with E-state index in [0.29, 0.717) is 12.6 Å². The molecule has 1 unspecified atom stereocenters. The summed E-state index contributed by atoms with van der Waals surface area (Å²) in [6, 6.07) is 3.74. The first-order valence-corrected chi connectivity index (χ1v) is 8.60. The van der Waals surface area contributed by atoms with Crippen LogP contribution < -0.4 is 10.9 Å². The van der Waals surface area contributed by atoms with E-state index in [9.17, 15) is 4.79 Å². The van der Waals surface area contributed by atoms with E-state index in [1.54, 1.807) is 34.3 Å². The van der Waals surface area contributed by atoms with Gasteiger partial charge in [0.15, 0.2) is 5.13 Å². The first-order chi connectivity index (χ1) is 10.8. The molecule has 118 valence electrons. The highest BCUT2D eigenvalue weighted by atomic mass is 32.1. The van der Waals surface area contributed by atoms with Gasteiger partial charge in [-0.05, 0) is 25.5 Å². The maximum atomic E-state index is 11.7. The van der Waals surface area contributed by atoms with E-state index in [1.807, 2.05) is 11.6 Å². The molecule has 1 aliphatic rings. The predicted octanol–water partition coefficient (Wildman–Crippen LogP) is 1.67. The highest BCUT2D eigenvalue weighted by Crippen LogP contribution is 2.18. The normalized spacial score (nSPS) is 19.2. The van der Waals surface area contributed by atoms with E-state index >= 15 is 0 Å². The summed E-state index contributed by atoms with van der Waals surface area (Å²) < 4.78 is 1.54. The molecule has 3 rings (SSSR count). The van der Waals surface area contributed by atoms with Crippen LogP contribution in [0.15, 0.2) is 34.7 Å². The number of nitrogens with one attached hydrogen (secondary N) is 1. The van der Waals surface area contributed by atoms with Crippen molar-refractivity contribution in [3.05, 3.63) is 40.3 Å². The van der Waals surface area contributed by atoms with Crippen LogP contribution in [-0.2, 0) is 6.54 Å². The van der Waals surface area contributed by atoms with Crippen LogP contribution >= 0.6 is 11.3 Å². The van der Waals surface area contributed by atoms with Crippen molar-refractivity contribution >= 4 is 16.5 Å². The molecule has 6 nitrogen and oxygen atoms in total. The Hall–Kier alpha value is -1.73. The zero-order valence-electron chi connectivity index (χ0n) is 12.5. The number of rotatable bonds is 6. The van der Waals surface area contributed by atoms with Crippen LogP contribution in [0.3, 0.4) is 0 Å². The van der Waals surface area contributed by atoms with Gasteiger partial charge in [-0.1, -0.05) is 6.42 Å². The van der Waals surface area contributed by atoms with Gasteiger partial charge in [0.2, 0.25) is 0 Å². The maximum absolute atomic E-state index is 11.7. The Morgan fingerprint density at radius 2 is 2.27 bits per heavy atom. The minimum Gasteiger partial charge on any atom is -0.360 e. The first kappa shape index (κ1) is 15.2. The lowest BCUT2D eigenvalue weighted by Crippen LogP contribution is -2.45. The van der Waals surface area contributed by atoms with Crippen LogP contribution in [0, 0.1) is 0 Å². The first-order valence-electron chi connectivity index (χ1n) is 7.72. The molecule has 0 aromatic carbocycles. The summed E-state index contributed by atoms with van der Waals surface area (Å²) in [6.45, 7) is 3.50. The molecule has 1 aliphatic heterocycles. The number of hydrogen-bond donors (Lipinski definition) is 1. The zero-order valence-corrected chi connectivity index (χ0v) is 13.3. The summed E-state index contributed by atoms with van der Waals surface area (Å²) in [5, 5.41) is 10.5. The van der Waals surface area contributed by atoms with E-state index in [1.165, 1.54) is 19.3 Å². The van der Waals surface area contributed by atoms with Gasteiger partial charge in [0.25, 0.3) is 5.56 Å². The number of likely N-dealkylation sites (tertiary alicyclic amines) is 1. The second-order valence-corrected chi connectivity index (χ2v) is 6.38. The number of nitrogens with zero attached hydrogens (tertiary/aromatic N) is 4. The van der Waals surface area contributed by atoms with Crippen molar-refractivity contribution in [3.63, 3.8) is 0 Å². The minimum atomic E-state index is -0.0306. The molecule has 3 heterocycles. The Morgan fingerprint density at radius 3 is 3.09 bits per heavy atom. The van der Waals surface area contributed by atoms with E-state index in [2.05, 4.69) is 20.3 Å². The van der Waals surface area contributed by atoms with E-state index in [-0.39, 0.29) is 5.56 Å². The molecule has 0 radical (unpaired) electrons. The molecule has 1 N–H and O–H groups in total. The van der Waals surface area contributed by atoms with Crippen molar-refractivity contribution < 1.29 is 0 Å². The molecule has 2 aromatic rings. The van der Waals surface area contributed by atoms with Crippen molar-refractivity contribution in [1.29, 1.82) is 0 Å². The highest BCUT2D eigenvalue weighted by molar-refractivity contribution is 7.13. The fourth-order valence-electron chi connectivity index (χ4n) is 2.88. The third-order valence-electron chi connectivity index (χ3n) is 4.05. The monoisotopic (exact) mass is 319 g/mol. The lowest BCUT2D eigenvalue weighted by Gasteiger charge is -2.35. The Balaban J connectivity index is 1.55. The summed E-state index contributed by atoms with van der Waals surface area (Å²) in [7, 11) is 0. The fourth-order valence-corrected chi connectivity index (χ4v) is 3.42. The molecule has 0 saturated carbocycles. The fraction of sp³-hybridized carbons (Fsp3) is 0.533. The highest BCUT2D eigenvalue weighted by Gasteiger charge is 2.22. The largest absolute Gasteiger partial charge is 0.360 e. The number of hydrogen-bond acceptors (Lipinski definition) is 6. The number of piperidine rings is 1. The topological polar surface area (TPSA) is 63.1 Å². The lowest BCUT2D eigenvalue weighted by molar-refractivity contribution is 0.148. The number of aromatic nitrogens is 3. The molecule has 0 aliphatic carbocycles. The second kappa shape index (κ2) is 7.51. The van der Waals surface area contributed by atoms with Gasteiger partial charge in [-0.25, -0.2) is 9.67 Å². The van der Waals surface area contributed by atoms with Crippen molar-refractivity contribution in [2.75, 3.05) is 25.0 Å². The quantitative estimate of drug-likeness (QED) is 0.877. The SMILES string of the molecule is O=c1cccnn1CCN1CCCCC1CNc1nccs1. The summed E-state index contributed by atoms with van der Waals surface area (Å²) in [5.74, 6) is 0. The van der Waals surface area contributed by atoms with E-state index in [4.69, 9.17) is 0 Å². The van der Waals surface area contributed by atoms with Gasteiger partial charge in [-0.2, -0.15) is 5.10 Å². The average Bonchev–Trinajstić information content (AvgIpc) is 3.06. The van der Waals surface area contributed by atoms with Gasteiger partial charge in [-0.3, -0.25) is 9.69 Å². The van der Waals surface area contributed by atoms with Gasteiger partial charge in [0.05, 0.1) is 6.54 Å². The molecule has 7 heteroatoms. The second-order valence-electron chi connectivity index (χ2n) is 5.49. The van der Waals surface area contributed by atoms with Crippen LogP contribution in [0.25, 0.3) is 0 Å². The van der Waals surface area contributed by atoms with Crippen molar-refractivity contribution in [2.45, 2.75) is 31.8 Å². The molecular weight excluding hydrogens is 298 g/mol. The van der Waals surface area contributed by atoms with E-state index < -0.39 is 0 Å². The van der Waals surface area contributed by atoms with Gasteiger partial charge in [-0.15, -0.1) is 11.3 Å². The van der Waals surface area contributed by atoms with Crippen LogP contribution in [0.2, 0.25) is 0 Å². The minimum absolute atomic E-state index is 0.0306. The van der Waals surface area contributed by atoms with Gasteiger partial charge in [0, 0.05) is 43.0 Å². The smallest absolute Gasteiger partial charge is 0.266 e. The number of thiazole rings is 1. The molecule has 1 atom stereocenters. The Bertz CT molecular complexity index is 627. The standard InChI is InChI=1S/C15H21N5OS/c21-14-5-3-6-18-20(14)10-9-19-8-2-1-4-13(19)12-17-15-16-7-11-22-15/h3,5-7,11,13H,1-2,4,8-10,12H2,(H,16,17). The van der Waals surface area contributed by atoms with Crippen LogP contribution in [0.4, 0.5) is 5.13 Å². The van der Waals surface area contributed by atoms with Crippen LogP contribution in [-0.4, -0.2) is 45.3 Å². The third-order valence-corrected chi connectivity index (χ3v) is 4.79. The Morgan fingerprint density at radius 1 is 1.32 bits per heavy atom. The van der Waals surface area contributed by atoms with Gasteiger partial charge < -0.3 is 5.32 Å². The molecule has 2 aromatic heterocycles. The maximum Gasteiger partial charge on any atom is 0.266 e. The van der Waals surface area contributed by atoms with Crippen molar-refractivity contribution in [1.82, 2.24) is 19.7 Å². The third kappa shape index (κ3) is 3.92. The van der Waals surface area contributed by atoms with Crippen molar-refractivity contribution in [3.8, 4) is 0 Å². The Labute approximate surface area is 133 Å². The average molecular weight is 319 g/mol. The molecule has 0 amide bonds. The number of anilines is 1. The zero-order chi connectivity index (χ0) is 15.2. The van der Waals surface area contributed by atoms with Gasteiger partial charge in [0.1, 0.15) is 0 Å². The van der Waals surface area contributed by atoms with Gasteiger partial charge >= 0.3 is 0 Å².